The van der Waals surface area contributed by atoms with Gasteiger partial charge in [0.1, 0.15) is 33.5 Å². The Morgan fingerprint density at radius 3 is 0.773 bits per heavy atom. The minimum atomic E-state index is 0.585. The van der Waals surface area contributed by atoms with Crippen LogP contribution < -0.4 is 0 Å². The Balaban J connectivity index is 0.000000140. The number of hydrogen-bond acceptors (Lipinski definition) is 9. The molecule has 0 radical (unpaired) electrons. The molecule has 0 saturated carbocycles. The van der Waals surface area contributed by atoms with Crippen LogP contribution in [0.5, 0.6) is 0 Å². The molecule has 0 spiro atoms. The Morgan fingerprint density at radius 1 is 0.143 bits per heavy atom. The van der Waals surface area contributed by atoms with Crippen LogP contribution in [0.3, 0.4) is 0 Å². The average molecular weight is 1520 g/mol. The van der Waals surface area contributed by atoms with E-state index in [1.165, 1.54) is 65.9 Å². The zero-order valence-electron chi connectivity index (χ0n) is 63.9. The third kappa shape index (κ3) is 12.2. The number of benzene rings is 17. The molecule has 0 N–H and O–H groups in total. The Morgan fingerprint density at radius 2 is 0.387 bits per heavy atom. The van der Waals surface area contributed by atoms with Crippen molar-refractivity contribution in [2.24, 2.45) is 0 Å². The van der Waals surface area contributed by atoms with E-state index in [9.17, 15) is 0 Å². The van der Waals surface area contributed by atoms with Crippen LogP contribution in [0.2, 0.25) is 0 Å². The van der Waals surface area contributed by atoms with Gasteiger partial charge in [0.25, 0.3) is 0 Å². The van der Waals surface area contributed by atoms with Crippen LogP contribution >= 0.6 is 0 Å². The molecule has 0 unspecified atom stereocenters. The van der Waals surface area contributed by atoms with Crippen molar-refractivity contribution < 1.29 is 13.3 Å². The van der Waals surface area contributed by atoms with E-state index in [-0.39, 0.29) is 0 Å². The van der Waals surface area contributed by atoms with Gasteiger partial charge in [-0.05, 0) is 166 Å². The maximum atomic E-state index is 6.16. The van der Waals surface area contributed by atoms with E-state index < -0.39 is 0 Å². The van der Waals surface area contributed by atoms with Gasteiger partial charge in [0, 0.05) is 98.6 Å². The Labute approximate surface area is 682 Å². The first-order chi connectivity index (χ1) is 58.9. The fraction of sp³-hybridized carbons (Fsp3) is 0. The Kier molecular flexibility index (Phi) is 16.3. The van der Waals surface area contributed by atoms with Gasteiger partial charge < -0.3 is 22.4 Å². The molecule has 556 valence electrons. The van der Waals surface area contributed by atoms with Crippen LogP contribution in [0.1, 0.15) is 0 Å². The summed E-state index contributed by atoms with van der Waals surface area (Å²) in [6.07, 6.45) is 0. The fourth-order valence-corrected chi connectivity index (χ4v) is 17.1. The molecule has 11 nitrogen and oxygen atoms in total. The van der Waals surface area contributed by atoms with Gasteiger partial charge in [0.05, 0.1) is 22.1 Å². The van der Waals surface area contributed by atoms with Crippen molar-refractivity contribution in [2.75, 3.05) is 0 Å². The molecular formula is C108H66N8O3. The molecule has 0 fully saturated rings. The number of aromatic nitrogens is 8. The topological polar surface area (TPSA) is 127 Å². The third-order valence-corrected chi connectivity index (χ3v) is 23.0. The molecule has 0 aliphatic heterocycles. The molecule has 0 atom stereocenters. The van der Waals surface area contributed by atoms with Gasteiger partial charge in [-0.2, -0.15) is 0 Å². The van der Waals surface area contributed by atoms with Crippen molar-refractivity contribution in [3.63, 3.8) is 0 Å². The lowest BCUT2D eigenvalue weighted by atomic mass is 9.98. The summed E-state index contributed by atoms with van der Waals surface area (Å²) in [6.45, 7) is 0. The minimum Gasteiger partial charge on any atom is -0.456 e. The molecule has 24 rings (SSSR count). The molecule has 11 heteroatoms. The first-order valence-corrected chi connectivity index (χ1v) is 39.8. The standard InChI is InChI=1S/C57H34N4O2.C51H32N4O/c1-2-10-42(11-3-1)61-49-15-7-4-12-43(49)46-32-39(26-29-50(46)61)37-20-18-35(19-21-37)36-22-24-38(25-23-36)55-58-56(40-27-30-53-47(33-40)44-13-5-8-16-51(44)62-53)60-57(59-55)41-28-31-54-48(34-41)45-14-6-9-17-52(45)63-54;1-3-11-36(12-4-1)49-52-50(37-13-5-2-6-14-37)54-51(53-49)38-25-23-34(24-26-38)33-19-21-35(22-20-33)39-27-29-46-43(31-39)41-15-7-9-17-45(41)55(46)40-28-30-48-44(32-40)42-16-8-10-18-47(42)56-48/h1-34H;1-32H. The fourth-order valence-electron chi connectivity index (χ4n) is 17.1. The van der Waals surface area contributed by atoms with E-state index in [1.807, 2.05) is 133 Å². The van der Waals surface area contributed by atoms with Gasteiger partial charge >= 0.3 is 0 Å². The predicted octanol–water partition coefficient (Wildman–Crippen LogP) is 28.3. The number of para-hydroxylation sites is 6. The van der Waals surface area contributed by atoms with E-state index in [1.54, 1.807) is 0 Å². The van der Waals surface area contributed by atoms with Crippen LogP contribution in [0.15, 0.2) is 414 Å². The number of hydrogen-bond donors (Lipinski definition) is 0. The SMILES string of the molecule is c1ccc(-c2nc(-c3ccccc3)nc(-c3ccc(-c4ccc(-c5ccc6c(c5)c5ccccc5n6-c5ccc6oc7ccccc7c6c5)cc4)cc3)n2)cc1.c1ccc(-n2c3ccccc3c3cc(-c4ccc(-c5ccc(-c6nc(-c7ccc8oc9ccccc9c8c7)nc(-c7ccc8oc9ccccc9c8c7)n6)cc5)cc4)ccc32)cc1. The summed E-state index contributed by atoms with van der Waals surface area (Å²) < 4.78 is 23.2. The molecule has 24 aromatic rings. The third-order valence-electron chi connectivity index (χ3n) is 23.0. The van der Waals surface area contributed by atoms with Gasteiger partial charge in [-0.1, -0.05) is 279 Å². The average Bonchev–Trinajstić information content (AvgIpc) is 1.59. The van der Waals surface area contributed by atoms with Crippen molar-refractivity contribution in [1.82, 2.24) is 39.0 Å². The zero-order chi connectivity index (χ0) is 78.4. The molecule has 0 bridgehead atoms. The van der Waals surface area contributed by atoms with Crippen molar-refractivity contribution in [3.8, 4) is 124 Å². The number of furan rings is 3. The van der Waals surface area contributed by atoms with Gasteiger partial charge in [0.15, 0.2) is 34.9 Å². The van der Waals surface area contributed by atoms with E-state index in [0.29, 0.717) is 34.9 Å². The van der Waals surface area contributed by atoms with Crippen molar-refractivity contribution in [1.29, 1.82) is 0 Å². The highest BCUT2D eigenvalue weighted by molar-refractivity contribution is 6.14. The van der Waals surface area contributed by atoms with Gasteiger partial charge in [0.2, 0.25) is 0 Å². The monoisotopic (exact) mass is 1520 g/mol. The number of rotatable bonds is 12. The van der Waals surface area contributed by atoms with Crippen molar-refractivity contribution >= 4 is 109 Å². The summed E-state index contributed by atoms with van der Waals surface area (Å²) in [7, 11) is 0. The summed E-state index contributed by atoms with van der Waals surface area (Å²) in [6, 6.07) is 139. The van der Waals surface area contributed by atoms with Gasteiger partial charge in [-0.15, -0.1) is 0 Å². The quantitative estimate of drug-likeness (QED) is 0.117. The van der Waals surface area contributed by atoms with Crippen molar-refractivity contribution in [2.45, 2.75) is 0 Å². The summed E-state index contributed by atoms with van der Waals surface area (Å²) in [5.41, 5.74) is 26.9. The highest BCUT2D eigenvalue weighted by Gasteiger charge is 2.22. The van der Waals surface area contributed by atoms with Crippen LogP contribution in [0.25, 0.3) is 234 Å². The summed E-state index contributed by atoms with van der Waals surface area (Å²) >= 11 is 0. The Hall–Kier alpha value is -16.2. The molecule has 17 aromatic carbocycles. The number of fused-ring (bicyclic) bond motifs is 15. The largest absolute Gasteiger partial charge is 0.456 e. The van der Waals surface area contributed by atoms with E-state index in [2.05, 4.69) is 276 Å². The lowest BCUT2D eigenvalue weighted by molar-refractivity contribution is 0.668. The van der Waals surface area contributed by atoms with Gasteiger partial charge in [-0.25, -0.2) is 29.9 Å². The summed E-state index contributed by atoms with van der Waals surface area (Å²) in [4.78, 5) is 29.9. The van der Waals surface area contributed by atoms with E-state index >= 15 is 0 Å². The summed E-state index contributed by atoms with van der Waals surface area (Å²) in [5, 5.41) is 11.3. The molecule has 0 aliphatic carbocycles. The maximum Gasteiger partial charge on any atom is 0.164 e. The van der Waals surface area contributed by atoms with E-state index in [0.717, 1.165) is 133 Å². The second kappa shape index (κ2) is 28.4. The lowest BCUT2D eigenvalue weighted by Gasteiger charge is -2.10. The normalized spacial score (nSPS) is 11.7. The predicted molar refractivity (Wildman–Crippen MR) is 485 cm³/mol. The van der Waals surface area contributed by atoms with Crippen LogP contribution in [-0.2, 0) is 0 Å². The van der Waals surface area contributed by atoms with Crippen LogP contribution in [0.4, 0.5) is 0 Å². The number of nitrogens with zero attached hydrogens (tertiary/aromatic N) is 8. The molecule has 7 aromatic heterocycles. The zero-order valence-corrected chi connectivity index (χ0v) is 63.9. The lowest BCUT2D eigenvalue weighted by Crippen LogP contribution is -2.00. The van der Waals surface area contributed by atoms with Gasteiger partial charge in [-0.3, -0.25) is 0 Å². The highest BCUT2D eigenvalue weighted by atomic mass is 16.3. The van der Waals surface area contributed by atoms with Crippen LogP contribution in [0, 0.1) is 0 Å². The second-order valence-corrected chi connectivity index (χ2v) is 30.1. The first kappa shape index (κ1) is 68.4. The molecule has 0 saturated heterocycles. The molecule has 0 aliphatic rings. The first-order valence-electron chi connectivity index (χ1n) is 39.8. The minimum absolute atomic E-state index is 0.585. The molecule has 119 heavy (non-hydrogen) atoms. The second-order valence-electron chi connectivity index (χ2n) is 30.1. The van der Waals surface area contributed by atoms with Crippen molar-refractivity contribution in [3.05, 3.63) is 400 Å². The molecule has 7 heterocycles. The highest BCUT2D eigenvalue weighted by Crippen LogP contribution is 2.42. The summed E-state index contributed by atoms with van der Waals surface area (Å²) in [5.74, 6) is 3.72. The Bertz CT molecular complexity index is 7880. The molecular weight excluding hydrogens is 1460 g/mol. The maximum absolute atomic E-state index is 6.16. The smallest absolute Gasteiger partial charge is 0.164 e. The molecule has 0 amide bonds. The van der Waals surface area contributed by atoms with E-state index in [4.69, 9.17) is 43.2 Å². The van der Waals surface area contributed by atoms with Crippen LogP contribution in [-0.4, -0.2) is 39.0 Å².